The van der Waals surface area contributed by atoms with Crippen molar-refractivity contribution < 1.29 is 9.47 Å². The van der Waals surface area contributed by atoms with Crippen LogP contribution in [0.2, 0.25) is 5.02 Å². The van der Waals surface area contributed by atoms with Gasteiger partial charge in [0.25, 0.3) is 0 Å². The van der Waals surface area contributed by atoms with Crippen LogP contribution in [0.5, 0.6) is 11.5 Å². The highest BCUT2D eigenvalue weighted by molar-refractivity contribution is 6.33. The zero-order valence-corrected chi connectivity index (χ0v) is 16.6. The van der Waals surface area contributed by atoms with Gasteiger partial charge < -0.3 is 14.8 Å². The third kappa shape index (κ3) is 4.23. The van der Waals surface area contributed by atoms with Crippen molar-refractivity contribution in [2.45, 2.75) is 25.3 Å². The van der Waals surface area contributed by atoms with Crippen LogP contribution in [0.1, 0.15) is 30.9 Å². The molecule has 0 aromatic heterocycles. The van der Waals surface area contributed by atoms with Crippen molar-refractivity contribution in [1.29, 1.82) is 0 Å². The van der Waals surface area contributed by atoms with E-state index < -0.39 is 0 Å². The minimum atomic E-state index is 0. The SMILES string of the molecule is COc1ccc([C@@H](C2CCC2)N2CCNCC2)c(Cl)c1OC.Cl.Cl. The fourth-order valence-corrected chi connectivity index (χ4v) is 3.94. The minimum Gasteiger partial charge on any atom is -0.493 e. The van der Waals surface area contributed by atoms with Gasteiger partial charge in [0.1, 0.15) is 0 Å². The summed E-state index contributed by atoms with van der Waals surface area (Å²) in [5.41, 5.74) is 1.19. The Hall–Kier alpha value is -0.390. The topological polar surface area (TPSA) is 33.7 Å². The van der Waals surface area contributed by atoms with Gasteiger partial charge in [-0.2, -0.15) is 0 Å². The van der Waals surface area contributed by atoms with Gasteiger partial charge in [0.15, 0.2) is 11.5 Å². The average Bonchev–Trinajstić information content (AvgIpc) is 2.51. The molecule has 1 atom stereocenters. The monoisotopic (exact) mass is 396 g/mol. The maximum atomic E-state index is 6.68. The van der Waals surface area contributed by atoms with Crippen LogP contribution in [-0.2, 0) is 0 Å². The minimum absolute atomic E-state index is 0. The van der Waals surface area contributed by atoms with E-state index in [0.717, 1.165) is 26.2 Å². The van der Waals surface area contributed by atoms with Crippen LogP contribution in [0, 0.1) is 5.92 Å². The predicted octanol–water partition coefficient (Wildman–Crippen LogP) is 3.95. The summed E-state index contributed by atoms with van der Waals surface area (Å²) >= 11 is 6.68. The van der Waals surface area contributed by atoms with Crippen LogP contribution < -0.4 is 14.8 Å². The molecule has 7 heteroatoms. The lowest BCUT2D eigenvalue weighted by Crippen LogP contribution is -2.47. The summed E-state index contributed by atoms with van der Waals surface area (Å²) in [6, 6.07) is 4.49. The summed E-state index contributed by atoms with van der Waals surface area (Å²) in [7, 11) is 3.30. The zero-order valence-electron chi connectivity index (χ0n) is 14.2. The summed E-state index contributed by atoms with van der Waals surface area (Å²) in [6.45, 7) is 4.25. The maximum absolute atomic E-state index is 6.68. The van der Waals surface area contributed by atoms with Crippen molar-refractivity contribution in [2.75, 3.05) is 40.4 Å². The number of benzene rings is 1. The predicted molar refractivity (Wildman–Crippen MR) is 104 cm³/mol. The van der Waals surface area contributed by atoms with E-state index >= 15 is 0 Å². The van der Waals surface area contributed by atoms with Crippen molar-refractivity contribution in [3.63, 3.8) is 0 Å². The van der Waals surface area contributed by atoms with E-state index in [1.54, 1.807) is 14.2 Å². The molecule has 1 aromatic carbocycles. The van der Waals surface area contributed by atoms with Crippen molar-refractivity contribution in [1.82, 2.24) is 10.2 Å². The first-order valence-corrected chi connectivity index (χ1v) is 8.49. The van der Waals surface area contributed by atoms with Gasteiger partial charge in [-0.15, -0.1) is 24.8 Å². The average molecular weight is 398 g/mol. The summed E-state index contributed by atoms with van der Waals surface area (Å²) < 4.78 is 10.9. The maximum Gasteiger partial charge on any atom is 0.179 e. The highest BCUT2D eigenvalue weighted by Crippen LogP contribution is 2.47. The normalized spacial score (nSPS) is 19.5. The number of methoxy groups -OCH3 is 2. The van der Waals surface area contributed by atoms with Gasteiger partial charge in [-0.1, -0.05) is 24.1 Å². The third-order valence-electron chi connectivity index (χ3n) is 4.97. The van der Waals surface area contributed by atoms with E-state index in [1.165, 1.54) is 24.8 Å². The molecule has 1 aliphatic heterocycles. The fraction of sp³-hybridized carbons (Fsp3) is 0.647. The quantitative estimate of drug-likeness (QED) is 0.816. The Kier molecular flexibility index (Phi) is 8.96. The number of hydrogen-bond donors (Lipinski definition) is 1. The van der Waals surface area contributed by atoms with Gasteiger partial charge in [0.2, 0.25) is 0 Å². The second kappa shape index (κ2) is 9.93. The van der Waals surface area contributed by atoms with E-state index in [9.17, 15) is 0 Å². The largest absolute Gasteiger partial charge is 0.493 e. The summed E-state index contributed by atoms with van der Waals surface area (Å²) in [5.74, 6) is 2.05. The highest BCUT2D eigenvalue weighted by Gasteiger charge is 2.35. The molecule has 0 spiro atoms. The van der Waals surface area contributed by atoms with Crippen LogP contribution in [0.3, 0.4) is 0 Å². The zero-order chi connectivity index (χ0) is 15.5. The first kappa shape index (κ1) is 21.7. The summed E-state index contributed by atoms with van der Waals surface area (Å²) in [6.07, 6.45) is 3.91. The van der Waals surface area contributed by atoms with Gasteiger partial charge in [-0.25, -0.2) is 0 Å². The number of halogens is 3. The third-order valence-corrected chi connectivity index (χ3v) is 5.36. The second-order valence-corrected chi connectivity index (χ2v) is 6.50. The molecule has 24 heavy (non-hydrogen) atoms. The lowest BCUT2D eigenvalue weighted by molar-refractivity contribution is 0.0836. The molecule has 0 amide bonds. The van der Waals surface area contributed by atoms with Crippen LogP contribution >= 0.6 is 36.4 Å². The molecule has 0 unspecified atom stereocenters. The smallest absolute Gasteiger partial charge is 0.179 e. The molecule has 1 N–H and O–H groups in total. The van der Waals surface area contributed by atoms with Gasteiger partial charge in [-0.05, 0) is 30.4 Å². The van der Waals surface area contributed by atoms with E-state index in [0.29, 0.717) is 28.5 Å². The summed E-state index contributed by atoms with van der Waals surface area (Å²) in [5, 5.41) is 4.14. The van der Waals surface area contributed by atoms with Crippen LogP contribution in [0.15, 0.2) is 12.1 Å². The second-order valence-electron chi connectivity index (χ2n) is 6.13. The van der Waals surface area contributed by atoms with Gasteiger partial charge in [-0.3, -0.25) is 4.90 Å². The molecule has 4 nitrogen and oxygen atoms in total. The number of rotatable bonds is 5. The van der Waals surface area contributed by atoms with Crippen molar-refractivity contribution in [3.8, 4) is 11.5 Å². The van der Waals surface area contributed by atoms with Crippen molar-refractivity contribution in [2.24, 2.45) is 5.92 Å². The molecule has 1 aromatic rings. The molecule has 138 valence electrons. The Morgan fingerprint density at radius 1 is 1.12 bits per heavy atom. The standard InChI is InChI=1S/C17H25ClN2O2.2ClH/c1-21-14-7-6-13(15(18)17(14)22-2)16(12-4-3-5-12)20-10-8-19-9-11-20;;/h6-7,12,16,19H,3-5,8-11H2,1-2H3;2*1H/t16-;;/m1../s1. The summed E-state index contributed by atoms with van der Waals surface area (Å²) in [4.78, 5) is 2.58. The van der Waals surface area contributed by atoms with Crippen molar-refractivity contribution in [3.05, 3.63) is 22.7 Å². The Labute approximate surface area is 162 Å². The van der Waals surface area contributed by atoms with Gasteiger partial charge in [0, 0.05) is 32.2 Å². The molecule has 0 bridgehead atoms. The molecule has 1 saturated carbocycles. The number of nitrogens with one attached hydrogen (secondary N) is 1. The van der Waals surface area contributed by atoms with Gasteiger partial charge in [0.05, 0.1) is 19.2 Å². The first-order valence-electron chi connectivity index (χ1n) is 8.11. The lowest BCUT2D eigenvalue weighted by atomic mass is 9.76. The molecule has 0 radical (unpaired) electrons. The molecule has 1 aliphatic carbocycles. The van der Waals surface area contributed by atoms with E-state index in [1.807, 2.05) is 6.07 Å². The number of hydrogen-bond acceptors (Lipinski definition) is 4. The van der Waals surface area contributed by atoms with Gasteiger partial charge >= 0.3 is 0 Å². The Morgan fingerprint density at radius 3 is 2.29 bits per heavy atom. The molecular formula is C17H27Cl3N2O2. The highest BCUT2D eigenvalue weighted by atomic mass is 35.5. The Balaban J connectivity index is 0.00000144. The first-order chi connectivity index (χ1) is 10.8. The number of piperazine rings is 1. The van der Waals surface area contributed by atoms with Crippen LogP contribution in [-0.4, -0.2) is 45.3 Å². The Morgan fingerprint density at radius 2 is 1.79 bits per heavy atom. The van der Waals surface area contributed by atoms with E-state index in [4.69, 9.17) is 21.1 Å². The Bertz CT molecular complexity index is 521. The lowest BCUT2D eigenvalue weighted by Gasteiger charge is -2.43. The van der Waals surface area contributed by atoms with Crippen LogP contribution in [0.25, 0.3) is 0 Å². The van der Waals surface area contributed by atoms with E-state index in [2.05, 4.69) is 16.3 Å². The van der Waals surface area contributed by atoms with Crippen molar-refractivity contribution >= 4 is 36.4 Å². The number of ether oxygens (including phenoxy) is 2. The number of nitrogens with zero attached hydrogens (tertiary/aromatic N) is 1. The molecule has 1 saturated heterocycles. The van der Waals surface area contributed by atoms with E-state index in [-0.39, 0.29) is 24.8 Å². The molecule has 2 aliphatic rings. The molecule has 3 rings (SSSR count). The molecule has 2 fully saturated rings. The molecular weight excluding hydrogens is 371 g/mol. The molecule has 1 heterocycles. The fourth-order valence-electron chi connectivity index (χ4n) is 3.60. The van der Waals surface area contributed by atoms with Crippen LogP contribution in [0.4, 0.5) is 0 Å².